The highest BCUT2D eigenvalue weighted by atomic mass is 16.5. The van der Waals surface area contributed by atoms with Crippen LogP contribution in [-0.4, -0.2) is 30.0 Å². The molecule has 0 radical (unpaired) electrons. The van der Waals surface area contributed by atoms with Crippen LogP contribution in [-0.2, 0) is 4.74 Å². The number of fused-ring (bicyclic) bond motifs is 1. The molecule has 0 bridgehead atoms. The number of benzene rings is 1. The third-order valence-corrected chi connectivity index (χ3v) is 4.26. The molecule has 1 fully saturated rings. The van der Waals surface area contributed by atoms with Crippen LogP contribution in [0.25, 0.3) is 0 Å². The molecule has 4 heteroatoms. The standard InChI is InChI=1S/C16H22O4/c1-10-7-16(8-11(2)19-10)9-14(17)13-5-4-12(18-3)6-15(13)20-16/h4-6,10-11,14,17H,7-9H2,1-3H3. The molecule has 1 aromatic rings. The molecule has 0 aliphatic carbocycles. The first-order valence-electron chi connectivity index (χ1n) is 7.22. The summed E-state index contributed by atoms with van der Waals surface area (Å²) in [7, 11) is 1.63. The van der Waals surface area contributed by atoms with Gasteiger partial charge in [-0.3, -0.25) is 0 Å². The molecular formula is C16H22O4. The fourth-order valence-corrected chi connectivity index (χ4v) is 3.62. The molecule has 110 valence electrons. The molecule has 1 aromatic carbocycles. The summed E-state index contributed by atoms with van der Waals surface area (Å²) in [4.78, 5) is 0. The number of hydrogen-bond acceptors (Lipinski definition) is 4. The highest BCUT2D eigenvalue weighted by Gasteiger charge is 2.45. The van der Waals surface area contributed by atoms with Gasteiger partial charge in [-0.15, -0.1) is 0 Å². The van der Waals surface area contributed by atoms with E-state index in [1.54, 1.807) is 7.11 Å². The van der Waals surface area contributed by atoms with Crippen LogP contribution >= 0.6 is 0 Å². The number of aliphatic hydroxyl groups excluding tert-OH is 1. The number of methoxy groups -OCH3 is 1. The molecule has 4 nitrogen and oxygen atoms in total. The van der Waals surface area contributed by atoms with E-state index in [1.807, 2.05) is 18.2 Å². The van der Waals surface area contributed by atoms with Crippen LogP contribution < -0.4 is 9.47 Å². The van der Waals surface area contributed by atoms with Crippen molar-refractivity contribution in [2.75, 3.05) is 7.11 Å². The van der Waals surface area contributed by atoms with E-state index in [9.17, 15) is 5.11 Å². The van der Waals surface area contributed by atoms with E-state index in [-0.39, 0.29) is 17.8 Å². The Balaban J connectivity index is 1.94. The lowest BCUT2D eigenvalue weighted by molar-refractivity contribution is -0.140. The van der Waals surface area contributed by atoms with Gasteiger partial charge in [-0.2, -0.15) is 0 Å². The van der Waals surface area contributed by atoms with Gasteiger partial charge in [-0.1, -0.05) is 0 Å². The fourth-order valence-electron chi connectivity index (χ4n) is 3.62. The number of ether oxygens (including phenoxy) is 3. The molecule has 2 heterocycles. The topological polar surface area (TPSA) is 47.9 Å². The lowest BCUT2D eigenvalue weighted by atomic mass is 9.79. The van der Waals surface area contributed by atoms with Crippen LogP contribution in [0, 0.1) is 0 Å². The first kappa shape index (κ1) is 13.7. The highest BCUT2D eigenvalue weighted by Crippen LogP contribution is 2.47. The molecule has 1 N–H and O–H groups in total. The molecular weight excluding hydrogens is 256 g/mol. The third kappa shape index (κ3) is 2.38. The van der Waals surface area contributed by atoms with E-state index in [0.717, 1.165) is 29.9 Å². The fraction of sp³-hybridized carbons (Fsp3) is 0.625. The van der Waals surface area contributed by atoms with E-state index in [2.05, 4.69) is 13.8 Å². The highest BCUT2D eigenvalue weighted by molar-refractivity contribution is 5.44. The Bertz CT molecular complexity index is 489. The van der Waals surface area contributed by atoms with Gasteiger partial charge in [0.25, 0.3) is 0 Å². The number of aliphatic hydroxyl groups is 1. The smallest absolute Gasteiger partial charge is 0.129 e. The van der Waals surface area contributed by atoms with Crippen LogP contribution in [0.3, 0.4) is 0 Å². The average Bonchev–Trinajstić information content (AvgIpc) is 2.36. The largest absolute Gasteiger partial charge is 0.497 e. The van der Waals surface area contributed by atoms with Crippen molar-refractivity contribution < 1.29 is 19.3 Å². The third-order valence-electron chi connectivity index (χ3n) is 4.26. The van der Waals surface area contributed by atoms with E-state index in [1.165, 1.54) is 0 Å². The van der Waals surface area contributed by atoms with Gasteiger partial charge in [-0.05, 0) is 26.0 Å². The van der Waals surface area contributed by atoms with E-state index in [0.29, 0.717) is 6.42 Å². The molecule has 0 amide bonds. The van der Waals surface area contributed by atoms with Crippen molar-refractivity contribution >= 4 is 0 Å². The van der Waals surface area contributed by atoms with Crippen molar-refractivity contribution in [3.63, 3.8) is 0 Å². The molecule has 20 heavy (non-hydrogen) atoms. The van der Waals surface area contributed by atoms with Gasteiger partial charge in [0.1, 0.15) is 17.1 Å². The van der Waals surface area contributed by atoms with E-state index >= 15 is 0 Å². The average molecular weight is 278 g/mol. The summed E-state index contributed by atoms with van der Waals surface area (Å²) in [6.45, 7) is 4.13. The van der Waals surface area contributed by atoms with Gasteiger partial charge in [0.2, 0.25) is 0 Å². The van der Waals surface area contributed by atoms with Gasteiger partial charge in [-0.25, -0.2) is 0 Å². The van der Waals surface area contributed by atoms with Crippen LogP contribution in [0.15, 0.2) is 18.2 Å². The Labute approximate surface area is 119 Å². The minimum absolute atomic E-state index is 0.151. The van der Waals surface area contributed by atoms with Crippen molar-refractivity contribution in [2.45, 2.75) is 57.0 Å². The van der Waals surface area contributed by atoms with Crippen molar-refractivity contribution in [2.24, 2.45) is 0 Å². The zero-order valence-corrected chi connectivity index (χ0v) is 12.3. The SMILES string of the molecule is COc1ccc2c(c1)OC1(CC(C)OC(C)C1)CC2O. The van der Waals surface area contributed by atoms with Crippen LogP contribution in [0.2, 0.25) is 0 Å². The summed E-state index contributed by atoms with van der Waals surface area (Å²) in [6, 6.07) is 5.61. The van der Waals surface area contributed by atoms with Gasteiger partial charge in [0.05, 0.1) is 25.4 Å². The minimum atomic E-state index is -0.484. The van der Waals surface area contributed by atoms with Gasteiger partial charge < -0.3 is 19.3 Å². The van der Waals surface area contributed by atoms with E-state index in [4.69, 9.17) is 14.2 Å². The van der Waals surface area contributed by atoms with Crippen LogP contribution in [0.5, 0.6) is 11.5 Å². The quantitative estimate of drug-likeness (QED) is 0.858. The maximum Gasteiger partial charge on any atom is 0.129 e. The minimum Gasteiger partial charge on any atom is -0.497 e. The van der Waals surface area contributed by atoms with Crippen molar-refractivity contribution in [1.29, 1.82) is 0 Å². The number of hydrogen-bond donors (Lipinski definition) is 1. The van der Waals surface area contributed by atoms with Crippen LogP contribution in [0.4, 0.5) is 0 Å². The molecule has 3 rings (SSSR count). The van der Waals surface area contributed by atoms with Gasteiger partial charge in [0, 0.05) is 30.9 Å². The van der Waals surface area contributed by atoms with Crippen LogP contribution in [0.1, 0.15) is 44.8 Å². The lowest BCUT2D eigenvalue weighted by Gasteiger charge is -2.46. The van der Waals surface area contributed by atoms with Crippen molar-refractivity contribution in [1.82, 2.24) is 0 Å². The Morgan fingerprint density at radius 3 is 2.55 bits per heavy atom. The second-order valence-electron chi connectivity index (χ2n) is 6.07. The molecule has 2 aliphatic heterocycles. The zero-order valence-electron chi connectivity index (χ0n) is 12.3. The van der Waals surface area contributed by atoms with Gasteiger partial charge in [0.15, 0.2) is 0 Å². The Morgan fingerprint density at radius 1 is 1.20 bits per heavy atom. The Kier molecular flexibility index (Phi) is 3.38. The predicted octanol–water partition coefficient (Wildman–Crippen LogP) is 2.84. The van der Waals surface area contributed by atoms with Crippen molar-refractivity contribution in [3.8, 4) is 11.5 Å². The second-order valence-corrected chi connectivity index (χ2v) is 6.07. The molecule has 1 spiro atoms. The molecule has 0 aromatic heterocycles. The maximum absolute atomic E-state index is 10.5. The summed E-state index contributed by atoms with van der Waals surface area (Å²) in [6.07, 6.45) is 2.07. The monoisotopic (exact) mass is 278 g/mol. The summed E-state index contributed by atoms with van der Waals surface area (Å²) in [5.74, 6) is 1.49. The van der Waals surface area contributed by atoms with E-state index < -0.39 is 6.10 Å². The Hall–Kier alpha value is -1.26. The molecule has 0 saturated carbocycles. The zero-order chi connectivity index (χ0) is 14.3. The molecule has 3 unspecified atom stereocenters. The lowest BCUT2D eigenvalue weighted by Crippen LogP contribution is -2.50. The molecule has 2 aliphatic rings. The maximum atomic E-state index is 10.5. The molecule has 1 saturated heterocycles. The Morgan fingerprint density at radius 2 is 1.90 bits per heavy atom. The van der Waals surface area contributed by atoms with Crippen molar-refractivity contribution in [3.05, 3.63) is 23.8 Å². The summed E-state index contributed by atoms with van der Waals surface area (Å²) in [5.41, 5.74) is 0.527. The first-order valence-corrected chi connectivity index (χ1v) is 7.22. The first-order chi connectivity index (χ1) is 9.51. The van der Waals surface area contributed by atoms with Gasteiger partial charge >= 0.3 is 0 Å². The molecule has 3 atom stereocenters. The summed E-state index contributed by atoms with van der Waals surface area (Å²) < 4.78 is 17.3. The number of rotatable bonds is 1. The second kappa shape index (κ2) is 4.93. The summed E-state index contributed by atoms with van der Waals surface area (Å²) in [5, 5.41) is 10.5. The predicted molar refractivity (Wildman–Crippen MR) is 75.2 cm³/mol. The summed E-state index contributed by atoms with van der Waals surface area (Å²) >= 11 is 0. The normalized spacial score (nSPS) is 36.3.